The van der Waals surface area contributed by atoms with Crippen LogP contribution in [0.2, 0.25) is 0 Å². The molecule has 2 heterocycles. The van der Waals surface area contributed by atoms with Crippen molar-refractivity contribution in [3.8, 4) is 5.75 Å². The van der Waals surface area contributed by atoms with E-state index in [0.717, 1.165) is 10.8 Å². The highest BCUT2D eigenvalue weighted by atomic mass is 19.1. The monoisotopic (exact) mass is 1350 g/mol. The summed E-state index contributed by atoms with van der Waals surface area (Å²) in [5.74, 6) is -9.81. The van der Waals surface area contributed by atoms with E-state index in [-0.39, 0.29) is 88.0 Å². The normalized spacial score (nSPS) is 16.4. The predicted octanol–water partition coefficient (Wildman–Crippen LogP) is -0.374. The van der Waals surface area contributed by atoms with Crippen LogP contribution in [0.25, 0.3) is 10.8 Å². The van der Waals surface area contributed by atoms with E-state index in [1.807, 2.05) is 30.3 Å². The maximum Gasteiger partial charge on any atom is 0.245 e. The maximum absolute atomic E-state index is 15.0. The van der Waals surface area contributed by atoms with Crippen LogP contribution < -0.4 is 65.5 Å². The zero-order chi connectivity index (χ0) is 71.2. The number of nitrogens with one attached hydrogen (secondary N) is 8. The second-order valence-electron chi connectivity index (χ2n) is 25.0. The van der Waals surface area contributed by atoms with Crippen LogP contribution in [-0.4, -0.2) is 178 Å². The van der Waals surface area contributed by atoms with E-state index in [4.69, 9.17) is 22.9 Å². The maximum atomic E-state index is 15.0. The number of phenolic OH excluding ortho intramolecular Hbond substituents is 1. The second-order valence-corrected chi connectivity index (χ2v) is 25.0. The fourth-order valence-electron chi connectivity index (χ4n) is 11.8. The van der Waals surface area contributed by atoms with Gasteiger partial charge in [-0.1, -0.05) is 92.7 Å². The molecule has 7 rings (SSSR count). The standard InChI is InChI=1S/C69H88FN15O13/c1-39(2)31-51(60(90)77-50(11-6-28-75-69(73)74)68(98)85-30-8-12-57(85)66(96)76-37-59(72)89)78-61(91)52(34-42-17-24-48(71)25-18-42)79-62(92)53(35-43-19-26-49(88)27-20-43)81-65(95)56(38-86)83-64(94)55(36-44-14-21-45-9-4-5-10-46(45)32-44)80-63(93)54(33-41-15-22-47(70)23-16-41)82-67(97)58-13-7-29-84(58)40(3)87/h4-5,9-10,14-27,32,39,50-58,86,88H,6-8,11-13,28-31,33-38,71H2,1-3H3,(H2,72,89)(H,76,96)(H,77,90)(H,78,91)(H,79,92)(H,80,93)(H,81,95)(H,82,97)(H,83,94)(H4,73,74,75)/t50-,51-,52+,53-,54+,55+,56-,57-,58-/m0/s1. The van der Waals surface area contributed by atoms with Gasteiger partial charge in [0.05, 0.1) is 13.2 Å². The van der Waals surface area contributed by atoms with Crippen molar-refractivity contribution in [1.29, 1.82) is 0 Å². The van der Waals surface area contributed by atoms with Crippen LogP contribution >= 0.6 is 0 Å². The Balaban J connectivity index is 1.15. The van der Waals surface area contributed by atoms with Gasteiger partial charge in [0.1, 0.15) is 65.9 Å². The van der Waals surface area contributed by atoms with Crippen LogP contribution in [0.4, 0.5) is 10.1 Å². The summed E-state index contributed by atoms with van der Waals surface area (Å²) in [6.07, 6.45) is 0.770. The van der Waals surface area contributed by atoms with Crippen LogP contribution in [0.15, 0.2) is 120 Å². The molecular formula is C69H88FN15O13. The number of aliphatic hydroxyl groups is 1. The van der Waals surface area contributed by atoms with E-state index in [1.54, 1.807) is 50.2 Å². The number of carbonyl (C=O) groups excluding carboxylic acids is 11. The minimum Gasteiger partial charge on any atom is -0.508 e. The van der Waals surface area contributed by atoms with Gasteiger partial charge in [0.15, 0.2) is 5.96 Å². The van der Waals surface area contributed by atoms with Crippen LogP contribution in [0.1, 0.15) is 88.0 Å². The number of nitrogen functional groups attached to an aromatic ring is 1. The molecule has 0 aliphatic carbocycles. The summed E-state index contributed by atoms with van der Waals surface area (Å²) in [5, 5.41) is 44.1. The first-order valence-corrected chi connectivity index (χ1v) is 32.5. The van der Waals surface area contributed by atoms with Crippen molar-refractivity contribution >= 4 is 87.4 Å². The Morgan fingerprint density at radius 2 is 1.00 bits per heavy atom. The Kier molecular flexibility index (Phi) is 27.3. The van der Waals surface area contributed by atoms with Gasteiger partial charge in [-0.05, 0) is 120 Å². The summed E-state index contributed by atoms with van der Waals surface area (Å²) in [4.78, 5) is 161. The Bertz CT molecular complexity index is 3690. The Morgan fingerprint density at radius 3 is 1.53 bits per heavy atom. The van der Waals surface area contributed by atoms with E-state index >= 15 is 4.79 Å². The molecular weight excluding hydrogens is 1270 g/mol. The van der Waals surface area contributed by atoms with Gasteiger partial charge in [0.25, 0.3) is 0 Å². The van der Waals surface area contributed by atoms with Crippen molar-refractivity contribution in [2.45, 2.75) is 146 Å². The number of rotatable bonds is 33. The number of aliphatic imine (C=N–C) groups is 1. The molecule has 5 aromatic carbocycles. The van der Waals surface area contributed by atoms with Gasteiger partial charge in [0.2, 0.25) is 65.0 Å². The van der Waals surface area contributed by atoms with Gasteiger partial charge in [-0.3, -0.25) is 57.7 Å². The fourth-order valence-corrected chi connectivity index (χ4v) is 11.8. The minimum absolute atomic E-state index is 0.00607. The van der Waals surface area contributed by atoms with Crippen LogP contribution in [0, 0.1) is 11.7 Å². The lowest BCUT2D eigenvalue weighted by molar-refractivity contribution is -0.142. The highest BCUT2D eigenvalue weighted by Gasteiger charge is 2.40. The van der Waals surface area contributed by atoms with Gasteiger partial charge in [-0.15, -0.1) is 0 Å². The van der Waals surface area contributed by atoms with Crippen LogP contribution in [-0.2, 0) is 78.4 Å². The molecule has 2 aliphatic rings. The average molecular weight is 1350 g/mol. The van der Waals surface area contributed by atoms with E-state index in [2.05, 4.69) is 47.5 Å². The summed E-state index contributed by atoms with van der Waals surface area (Å²) in [6, 6.07) is 17.5. The molecule has 2 saturated heterocycles. The molecule has 0 aromatic heterocycles. The number of guanidine groups is 1. The van der Waals surface area contributed by atoms with Gasteiger partial charge >= 0.3 is 0 Å². The number of carbonyl (C=O) groups is 11. The van der Waals surface area contributed by atoms with Gasteiger partial charge in [0, 0.05) is 57.9 Å². The van der Waals surface area contributed by atoms with Crippen molar-refractivity contribution in [1.82, 2.24) is 52.3 Å². The third kappa shape index (κ3) is 22.2. The quantitative estimate of drug-likeness (QED) is 0.0110. The molecule has 2 aliphatic heterocycles. The number of primary amides is 1. The number of nitrogens with two attached hydrogens (primary N) is 4. The molecule has 0 radical (unpaired) electrons. The molecule has 28 nitrogen and oxygen atoms in total. The number of anilines is 1. The average Bonchev–Trinajstić information content (AvgIpc) is 1.55. The molecule has 0 spiro atoms. The van der Waals surface area contributed by atoms with E-state index in [1.165, 1.54) is 65.3 Å². The molecule has 0 bridgehead atoms. The molecule has 9 atom stereocenters. The molecule has 18 N–H and O–H groups in total. The first kappa shape index (κ1) is 74.7. The molecule has 5 aromatic rings. The highest BCUT2D eigenvalue weighted by Crippen LogP contribution is 2.23. The molecule has 0 saturated carbocycles. The van der Waals surface area contributed by atoms with Crippen LogP contribution in [0.5, 0.6) is 5.75 Å². The summed E-state index contributed by atoms with van der Waals surface area (Å²) in [6.45, 7) is 3.89. The SMILES string of the molecule is CC(=O)N1CCC[C@H]1C(=O)N[C@H](Cc1ccc(F)cc1)C(=O)N[C@H](Cc1ccc2ccccc2c1)C(=O)N[C@@H](CO)C(=O)N[C@@H](Cc1ccc(O)cc1)C(=O)N[C@H](Cc1ccc(N)cc1)C(=O)N[C@@H](CC(C)C)C(=O)N[C@@H](CCCN=C(N)N)C(=O)N1CCC[C@H]1C(=O)NCC(N)=O. The predicted molar refractivity (Wildman–Crippen MR) is 361 cm³/mol. The van der Waals surface area contributed by atoms with Gasteiger partial charge in [-0.2, -0.15) is 0 Å². The number of hydrogen-bond donors (Lipinski definition) is 14. The summed E-state index contributed by atoms with van der Waals surface area (Å²) < 4.78 is 14.2. The Labute approximate surface area is 566 Å². The van der Waals surface area contributed by atoms with Crippen molar-refractivity contribution in [2.75, 3.05) is 38.5 Å². The number of amides is 11. The zero-order valence-electron chi connectivity index (χ0n) is 55.0. The Hall–Kier alpha value is -10.7. The highest BCUT2D eigenvalue weighted by molar-refractivity contribution is 5.99. The fraction of sp³-hybridized carbons (Fsp3) is 0.420. The topological polar surface area (TPSA) is 447 Å². The third-order valence-electron chi connectivity index (χ3n) is 16.9. The number of benzene rings is 5. The number of aromatic hydroxyl groups is 1. The van der Waals surface area contributed by atoms with Crippen molar-refractivity contribution < 1.29 is 67.3 Å². The third-order valence-corrected chi connectivity index (χ3v) is 16.9. The summed E-state index contributed by atoms with van der Waals surface area (Å²) >= 11 is 0. The van der Waals surface area contributed by atoms with E-state index in [0.29, 0.717) is 53.7 Å². The first-order valence-electron chi connectivity index (χ1n) is 32.5. The lowest BCUT2D eigenvalue weighted by atomic mass is 9.99. The Morgan fingerprint density at radius 1 is 0.551 bits per heavy atom. The summed E-state index contributed by atoms with van der Waals surface area (Å²) in [5.41, 5.74) is 24.6. The summed E-state index contributed by atoms with van der Waals surface area (Å²) in [7, 11) is 0. The van der Waals surface area contributed by atoms with Crippen LogP contribution in [0.3, 0.4) is 0 Å². The number of nitrogens with zero attached hydrogens (tertiary/aromatic N) is 3. The molecule has 0 unspecified atom stereocenters. The number of hydrogen-bond acceptors (Lipinski definition) is 15. The lowest BCUT2D eigenvalue weighted by Crippen LogP contribution is -2.61. The van der Waals surface area contributed by atoms with Gasteiger partial charge < -0.3 is 85.5 Å². The number of likely N-dealkylation sites (tertiary alicyclic amines) is 2. The first-order chi connectivity index (χ1) is 46.7. The number of phenols is 1. The minimum atomic E-state index is -1.83. The molecule has 29 heteroatoms. The lowest BCUT2D eigenvalue weighted by Gasteiger charge is -2.30. The molecule has 524 valence electrons. The van der Waals surface area contributed by atoms with Crippen molar-refractivity contribution in [3.63, 3.8) is 0 Å². The zero-order valence-corrected chi connectivity index (χ0v) is 55.0. The van der Waals surface area contributed by atoms with Crippen molar-refractivity contribution in [2.24, 2.45) is 28.1 Å². The number of fused-ring (bicyclic) bond motifs is 1. The van der Waals surface area contributed by atoms with Gasteiger partial charge in [-0.25, -0.2) is 4.39 Å². The van der Waals surface area contributed by atoms with E-state index in [9.17, 15) is 62.5 Å². The smallest absolute Gasteiger partial charge is 0.245 e. The number of aliphatic hydroxyl groups excluding tert-OH is 1. The number of halogens is 1. The molecule has 2 fully saturated rings. The molecule has 98 heavy (non-hydrogen) atoms. The van der Waals surface area contributed by atoms with Crippen molar-refractivity contribution in [3.05, 3.63) is 143 Å². The second kappa shape index (κ2) is 35.9. The molecule has 11 amide bonds. The largest absolute Gasteiger partial charge is 0.508 e. The van der Waals surface area contributed by atoms with E-state index < -0.39 is 132 Å².